The van der Waals surface area contributed by atoms with E-state index in [2.05, 4.69) is 10.6 Å². The van der Waals surface area contributed by atoms with E-state index < -0.39 is 0 Å². The third-order valence-corrected chi connectivity index (χ3v) is 5.64. The van der Waals surface area contributed by atoms with Crippen LogP contribution in [-0.4, -0.2) is 37.4 Å². The molecule has 0 aromatic heterocycles. The number of anilines is 2. The first-order chi connectivity index (χ1) is 15.6. The lowest BCUT2D eigenvalue weighted by atomic mass is 10.1. The minimum Gasteiger partial charge on any atom is -0.484 e. The fourth-order valence-corrected chi connectivity index (χ4v) is 4.01. The third kappa shape index (κ3) is 6.34. The lowest BCUT2D eigenvalue weighted by Crippen LogP contribution is -2.35. The van der Waals surface area contributed by atoms with Crippen molar-refractivity contribution in [2.24, 2.45) is 11.8 Å². The molecular weight excluding hydrogens is 418 g/mol. The SMILES string of the molecule is Cc1cc(C)c(NC(=O)COc2ccc(N3CC(C(=O)NCC(C)C)CC3=O)cc2)c(C)c1. The van der Waals surface area contributed by atoms with E-state index in [4.69, 9.17) is 4.74 Å². The van der Waals surface area contributed by atoms with Crippen LogP contribution in [0.5, 0.6) is 5.75 Å². The Labute approximate surface area is 195 Å². The molecule has 0 saturated carbocycles. The van der Waals surface area contributed by atoms with Gasteiger partial charge in [0, 0.05) is 30.9 Å². The third-order valence-electron chi connectivity index (χ3n) is 5.64. The van der Waals surface area contributed by atoms with Crippen LogP contribution < -0.4 is 20.3 Å². The van der Waals surface area contributed by atoms with Crippen LogP contribution in [0.4, 0.5) is 11.4 Å². The highest BCUT2D eigenvalue weighted by atomic mass is 16.5. The van der Waals surface area contributed by atoms with Gasteiger partial charge < -0.3 is 20.3 Å². The van der Waals surface area contributed by atoms with Crippen molar-refractivity contribution in [3.8, 4) is 5.75 Å². The Morgan fingerprint density at radius 2 is 1.73 bits per heavy atom. The Balaban J connectivity index is 1.54. The Bertz CT molecular complexity index is 1010. The standard InChI is InChI=1S/C26H33N3O4/c1-16(2)13-27-26(32)20-12-24(31)29(14-20)21-6-8-22(9-7-21)33-15-23(30)28-25-18(4)10-17(3)11-19(25)5/h6-11,16,20H,12-15H2,1-5H3,(H,27,32)(H,28,30). The van der Waals surface area contributed by atoms with E-state index in [9.17, 15) is 14.4 Å². The molecular formula is C26H33N3O4. The minimum atomic E-state index is -0.343. The number of benzene rings is 2. The van der Waals surface area contributed by atoms with Gasteiger partial charge in [-0.3, -0.25) is 14.4 Å². The van der Waals surface area contributed by atoms with Crippen LogP contribution >= 0.6 is 0 Å². The predicted octanol–water partition coefficient (Wildman–Crippen LogP) is 3.75. The molecule has 176 valence electrons. The summed E-state index contributed by atoms with van der Waals surface area (Å²) in [6.45, 7) is 10.9. The number of ether oxygens (including phenoxy) is 1. The van der Waals surface area contributed by atoms with Crippen LogP contribution in [0.1, 0.15) is 37.0 Å². The topological polar surface area (TPSA) is 87.7 Å². The summed E-state index contributed by atoms with van der Waals surface area (Å²) in [6, 6.07) is 11.1. The smallest absolute Gasteiger partial charge is 0.262 e. The number of carbonyl (C=O) groups is 3. The summed E-state index contributed by atoms with van der Waals surface area (Å²) in [5.41, 5.74) is 4.69. The monoisotopic (exact) mass is 451 g/mol. The van der Waals surface area contributed by atoms with E-state index in [0.717, 1.165) is 22.4 Å². The number of aryl methyl sites for hydroxylation is 3. The van der Waals surface area contributed by atoms with Crippen molar-refractivity contribution < 1.29 is 19.1 Å². The Hall–Kier alpha value is -3.35. The van der Waals surface area contributed by atoms with Crippen molar-refractivity contribution >= 4 is 29.1 Å². The fourth-order valence-electron chi connectivity index (χ4n) is 4.01. The van der Waals surface area contributed by atoms with Gasteiger partial charge in [-0.05, 0) is 62.1 Å². The number of hydrogen-bond acceptors (Lipinski definition) is 4. The summed E-state index contributed by atoms with van der Waals surface area (Å²) < 4.78 is 5.62. The van der Waals surface area contributed by atoms with E-state index in [-0.39, 0.29) is 36.7 Å². The van der Waals surface area contributed by atoms with Gasteiger partial charge in [0.2, 0.25) is 11.8 Å². The van der Waals surface area contributed by atoms with Crippen LogP contribution in [-0.2, 0) is 14.4 Å². The van der Waals surface area contributed by atoms with Gasteiger partial charge in [-0.25, -0.2) is 0 Å². The molecule has 1 unspecified atom stereocenters. The number of nitrogens with one attached hydrogen (secondary N) is 2. The van der Waals surface area contributed by atoms with Crippen LogP contribution in [0, 0.1) is 32.6 Å². The molecule has 1 saturated heterocycles. The molecule has 2 aromatic rings. The summed E-state index contributed by atoms with van der Waals surface area (Å²) in [4.78, 5) is 38.7. The number of amides is 3. The quantitative estimate of drug-likeness (QED) is 0.640. The molecule has 1 atom stereocenters. The Morgan fingerprint density at radius 1 is 1.09 bits per heavy atom. The molecule has 0 spiro atoms. The van der Waals surface area contributed by atoms with E-state index in [1.54, 1.807) is 29.2 Å². The molecule has 7 nitrogen and oxygen atoms in total. The first-order valence-corrected chi connectivity index (χ1v) is 11.3. The number of hydrogen-bond donors (Lipinski definition) is 2. The van der Waals surface area contributed by atoms with E-state index in [1.165, 1.54) is 0 Å². The second kappa shape index (κ2) is 10.5. The molecule has 33 heavy (non-hydrogen) atoms. The lowest BCUT2D eigenvalue weighted by Gasteiger charge is -2.17. The lowest BCUT2D eigenvalue weighted by molar-refractivity contribution is -0.126. The molecule has 1 aliphatic heterocycles. The molecule has 7 heteroatoms. The first kappa shape index (κ1) is 24.3. The van der Waals surface area contributed by atoms with Crippen molar-refractivity contribution in [3.63, 3.8) is 0 Å². The van der Waals surface area contributed by atoms with Gasteiger partial charge in [-0.15, -0.1) is 0 Å². The Kier molecular flexibility index (Phi) is 7.74. The van der Waals surface area contributed by atoms with Crippen molar-refractivity contribution in [2.45, 2.75) is 41.0 Å². The molecule has 2 N–H and O–H groups in total. The van der Waals surface area contributed by atoms with E-state index in [0.29, 0.717) is 30.4 Å². The normalized spacial score (nSPS) is 15.6. The summed E-state index contributed by atoms with van der Waals surface area (Å²) in [5, 5.41) is 5.82. The molecule has 2 aromatic carbocycles. The zero-order valence-electron chi connectivity index (χ0n) is 20.0. The van der Waals surface area contributed by atoms with Gasteiger partial charge in [0.15, 0.2) is 6.61 Å². The molecule has 3 amide bonds. The first-order valence-electron chi connectivity index (χ1n) is 11.3. The van der Waals surface area contributed by atoms with Gasteiger partial charge >= 0.3 is 0 Å². The van der Waals surface area contributed by atoms with Crippen LogP contribution in [0.2, 0.25) is 0 Å². The van der Waals surface area contributed by atoms with Crippen LogP contribution in [0.3, 0.4) is 0 Å². The second-order valence-corrected chi connectivity index (χ2v) is 9.15. The second-order valence-electron chi connectivity index (χ2n) is 9.15. The maximum Gasteiger partial charge on any atom is 0.262 e. The highest BCUT2D eigenvalue weighted by Gasteiger charge is 2.35. The number of rotatable bonds is 8. The maximum atomic E-state index is 12.4. The summed E-state index contributed by atoms with van der Waals surface area (Å²) >= 11 is 0. The van der Waals surface area contributed by atoms with Crippen LogP contribution in [0.15, 0.2) is 36.4 Å². The summed E-state index contributed by atoms with van der Waals surface area (Å²) in [5.74, 6) is 0.163. The molecule has 3 rings (SSSR count). The average Bonchev–Trinajstić information content (AvgIpc) is 3.15. The average molecular weight is 452 g/mol. The highest BCUT2D eigenvalue weighted by molar-refractivity contribution is 6.00. The minimum absolute atomic E-state index is 0.0726. The summed E-state index contributed by atoms with van der Waals surface area (Å²) in [6.07, 6.45) is 0.209. The van der Waals surface area contributed by atoms with Crippen molar-refractivity contribution in [3.05, 3.63) is 53.1 Å². The zero-order valence-corrected chi connectivity index (χ0v) is 20.0. The predicted molar refractivity (Wildman–Crippen MR) is 130 cm³/mol. The van der Waals surface area contributed by atoms with E-state index >= 15 is 0 Å². The van der Waals surface area contributed by atoms with Crippen molar-refractivity contribution in [2.75, 3.05) is 29.9 Å². The van der Waals surface area contributed by atoms with E-state index in [1.807, 2.05) is 46.8 Å². The maximum absolute atomic E-state index is 12.4. The highest BCUT2D eigenvalue weighted by Crippen LogP contribution is 2.27. The van der Waals surface area contributed by atoms with Gasteiger partial charge in [-0.1, -0.05) is 31.5 Å². The van der Waals surface area contributed by atoms with Crippen molar-refractivity contribution in [1.29, 1.82) is 0 Å². The van der Waals surface area contributed by atoms with Gasteiger partial charge in [0.05, 0.1) is 5.92 Å². The number of nitrogens with zero attached hydrogens (tertiary/aromatic N) is 1. The van der Waals surface area contributed by atoms with Gasteiger partial charge in [0.25, 0.3) is 5.91 Å². The molecule has 0 aliphatic carbocycles. The number of carbonyl (C=O) groups excluding carboxylic acids is 3. The van der Waals surface area contributed by atoms with Crippen molar-refractivity contribution in [1.82, 2.24) is 5.32 Å². The molecule has 1 fully saturated rings. The fraction of sp³-hybridized carbons (Fsp3) is 0.423. The molecule has 0 radical (unpaired) electrons. The van der Waals surface area contributed by atoms with Gasteiger partial charge in [0.1, 0.15) is 5.75 Å². The summed E-state index contributed by atoms with van der Waals surface area (Å²) in [7, 11) is 0. The zero-order chi connectivity index (χ0) is 24.1. The largest absolute Gasteiger partial charge is 0.484 e. The van der Waals surface area contributed by atoms with Gasteiger partial charge in [-0.2, -0.15) is 0 Å². The van der Waals surface area contributed by atoms with Crippen LogP contribution in [0.25, 0.3) is 0 Å². The molecule has 1 aliphatic rings. The molecule has 0 bridgehead atoms. The Morgan fingerprint density at radius 3 is 2.33 bits per heavy atom. The molecule has 1 heterocycles.